The molecule has 1 aromatic heterocycles. The molecule has 7 nitrogen and oxygen atoms in total. The van der Waals surface area contributed by atoms with Crippen molar-refractivity contribution in [3.05, 3.63) is 53.2 Å². The Morgan fingerprint density at radius 3 is 2.48 bits per heavy atom. The second kappa shape index (κ2) is 10.1. The van der Waals surface area contributed by atoms with Crippen LogP contribution < -0.4 is 9.62 Å². The Morgan fingerprint density at radius 2 is 1.85 bits per heavy atom. The summed E-state index contributed by atoms with van der Waals surface area (Å²) in [7, 11) is -3.72. The second-order valence-electron chi connectivity index (χ2n) is 8.04. The lowest BCUT2D eigenvalue weighted by molar-refractivity contribution is -0.137. The number of halogens is 3. The summed E-state index contributed by atoms with van der Waals surface area (Å²) in [4.78, 5) is 20.2. The van der Waals surface area contributed by atoms with Gasteiger partial charge in [0.15, 0.2) is 0 Å². The zero-order chi connectivity index (χ0) is 24.2. The lowest BCUT2D eigenvalue weighted by Gasteiger charge is -2.23. The van der Waals surface area contributed by atoms with Gasteiger partial charge >= 0.3 is 6.18 Å². The van der Waals surface area contributed by atoms with E-state index in [4.69, 9.17) is 0 Å². The highest BCUT2D eigenvalue weighted by Gasteiger charge is 2.31. The van der Waals surface area contributed by atoms with Crippen LogP contribution in [0.1, 0.15) is 29.5 Å². The first kappa shape index (κ1) is 25.0. The molecule has 0 unspecified atom stereocenters. The molecule has 1 aromatic carbocycles. The highest BCUT2D eigenvalue weighted by Crippen LogP contribution is 2.29. The maximum atomic E-state index is 12.7. The van der Waals surface area contributed by atoms with Crippen LogP contribution in [0.25, 0.3) is 0 Å². The highest BCUT2D eigenvalue weighted by atomic mass is 32.2. The van der Waals surface area contributed by atoms with Crippen molar-refractivity contribution in [1.29, 1.82) is 0 Å². The molecule has 180 valence electrons. The van der Waals surface area contributed by atoms with Gasteiger partial charge in [0.1, 0.15) is 5.82 Å². The summed E-state index contributed by atoms with van der Waals surface area (Å²) in [5.41, 5.74) is 0.794. The number of alkyl halides is 3. The van der Waals surface area contributed by atoms with E-state index in [-0.39, 0.29) is 23.8 Å². The number of amides is 1. The molecule has 0 saturated carbocycles. The second-order valence-corrected chi connectivity index (χ2v) is 9.78. The van der Waals surface area contributed by atoms with E-state index < -0.39 is 21.8 Å². The van der Waals surface area contributed by atoms with Crippen molar-refractivity contribution in [2.75, 3.05) is 37.6 Å². The Morgan fingerprint density at radius 1 is 1.09 bits per heavy atom. The van der Waals surface area contributed by atoms with Crippen LogP contribution in [0, 0.1) is 13.8 Å². The maximum Gasteiger partial charge on any atom is 0.417 e. The van der Waals surface area contributed by atoms with Crippen LogP contribution in [0.3, 0.4) is 0 Å². The van der Waals surface area contributed by atoms with Gasteiger partial charge in [-0.2, -0.15) is 13.2 Å². The number of hydrogen-bond donors (Lipinski definition) is 1. The van der Waals surface area contributed by atoms with Gasteiger partial charge in [0.05, 0.1) is 10.5 Å². The van der Waals surface area contributed by atoms with Gasteiger partial charge in [-0.05, 0) is 44.0 Å². The third-order valence-corrected chi connectivity index (χ3v) is 7.12. The number of nitrogens with zero attached hydrogens (tertiary/aromatic N) is 3. The number of anilines is 1. The summed E-state index contributed by atoms with van der Waals surface area (Å²) in [6.07, 6.45) is -2.98. The molecule has 0 aliphatic carbocycles. The average molecular weight is 485 g/mol. The summed E-state index contributed by atoms with van der Waals surface area (Å²) >= 11 is 0. The van der Waals surface area contributed by atoms with E-state index in [2.05, 4.69) is 9.71 Å². The minimum absolute atomic E-state index is 0.0165. The molecule has 0 atom stereocenters. The molecule has 1 amide bonds. The van der Waals surface area contributed by atoms with Crippen molar-refractivity contribution in [2.45, 2.75) is 37.8 Å². The number of sulfonamides is 1. The lowest BCUT2D eigenvalue weighted by atomic mass is 10.2. The Labute approximate surface area is 191 Å². The maximum absolute atomic E-state index is 12.7. The number of aryl methyl sites for hydroxylation is 2. The number of carbonyl (C=O) groups excluding carboxylic acids is 1. The Balaban J connectivity index is 1.52. The smallest absolute Gasteiger partial charge is 0.355 e. The molecule has 2 aromatic rings. The number of aromatic nitrogens is 1. The van der Waals surface area contributed by atoms with Crippen molar-refractivity contribution in [3.8, 4) is 0 Å². The van der Waals surface area contributed by atoms with Crippen LogP contribution in [0.15, 0.2) is 41.4 Å². The number of benzene rings is 1. The first-order chi connectivity index (χ1) is 15.5. The molecule has 0 radical (unpaired) electrons. The van der Waals surface area contributed by atoms with E-state index in [0.717, 1.165) is 17.8 Å². The van der Waals surface area contributed by atoms with Crippen molar-refractivity contribution in [3.63, 3.8) is 0 Å². The fraction of sp³-hybridized carbons (Fsp3) is 0.455. The fourth-order valence-corrected chi connectivity index (χ4v) is 5.02. The SMILES string of the molecule is Cc1ccc(S(=O)(=O)NCCC(=O)N2CCCN(c3ccc(C(F)(F)F)cn3)CC2)c(C)c1. The molecular formula is C22H27F3N4O3S. The molecule has 33 heavy (non-hydrogen) atoms. The summed E-state index contributed by atoms with van der Waals surface area (Å²) in [6, 6.07) is 7.39. The molecule has 11 heteroatoms. The summed E-state index contributed by atoms with van der Waals surface area (Å²) in [6.45, 7) is 5.44. The number of carbonyl (C=O) groups is 1. The molecule has 3 rings (SSSR count). The quantitative estimate of drug-likeness (QED) is 0.681. The molecule has 1 aliphatic heterocycles. The van der Waals surface area contributed by atoms with Crippen LogP contribution in [0.5, 0.6) is 0 Å². The molecule has 1 aliphatic rings. The molecule has 0 bridgehead atoms. The van der Waals surface area contributed by atoms with Crippen LogP contribution in [0.4, 0.5) is 19.0 Å². The van der Waals surface area contributed by atoms with E-state index >= 15 is 0 Å². The third-order valence-electron chi connectivity index (χ3n) is 5.50. The van der Waals surface area contributed by atoms with Gasteiger partial charge < -0.3 is 9.80 Å². The number of pyridine rings is 1. The molecule has 0 spiro atoms. The van der Waals surface area contributed by atoms with Crippen molar-refractivity contribution in [2.24, 2.45) is 0 Å². The van der Waals surface area contributed by atoms with Crippen LogP contribution >= 0.6 is 0 Å². The summed E-state index contributed by atoms with van der Waals surface area (Å²) in [5, 5.41) is 0. The van der Waals surface area contributed by atoms with Crippen LogP contribution in [0.2, 0.25) is 0 Å². The summed E-state index contributed by atoms with van der Waals surface area (Å²) in [5.74, 6) is 0.249. The Kier molecular flexibility index (Phi) is 7.63. The Bertz CT molecular complexity index is 1090. The minimum Gasteiger partial charge on any atom is -0.355 e. The topological polar surface area (TPSA) is 82.6 Å². The predicted molar refractivity (Wildman–Crippen MR) is 118 cm³/mol. The minimum atomic E-state index is -4.44. The first-order valence-corrected chi connectivity index (χ1v) is 12.1. The van der Waals surface area contributed by atoms with Gasteiger partial charge in [0.2, 0.25) is 15.9 Å². The highest BCUT2D eigenvalue weighted by molar-refractivity contribution is 7.89. The molecule has 1 N–H and O–H groups in total. The third kappa shape index (κ3) is 6.44. The fourth-order valence-electron chi connectivity index (χ4n) is 3.77. The Hall–Kier alpha value is -2.66. The summed E-state index contributed by atoms with van der Waals surface area (Å²) < 4.78 is 65.8. The van der Waals surface area contributed by atoms with Crippen molar-refractivity contribution >= 4 is 21.7 Å². The number of hydrogen-bond acceptors (Lipinski definition) is 5. The van der Waals surface area contributed by atoms with Gasteiger partial charge in [-0.25, -0.2) is 18.1 Å². The predicted octanol–water partition coefficient (Wildman–Crippen LogP) is 3.12. The molecule has 1 saturated heterocycles. The van der Waals surface area contributed by atoms with Gasteiger partial charge in [0.25, 0.3) is 0 Å². The van der Waals surface area contributed by atoms with Gasteiger partial charge in [-0.3, -0.25) is 4.79 Å². The van der Waals surface area contributed by atoms with Crippen LogP contribution in [-0.4, -0.2) is 56.9 Å². The number of rotatable bonds is 6. The van der Waals surface area contributed by atoms with Crippen molar-refractivity contribution < 1.29 is 26.4 Å². The normalized spacial score (nSPS) is 15.4. The van der Waals surface area contributed by atoms with E-state index in [1.807, 2.05) is 11.8 Å². The lowest BCUT2D eigenvalue weighted by Crippen LogP contribution is -2.37. The average Bonchev–Trinajstić information content (AvgIpc) is 2.99. The largest absolute Gasteiger partial charge is 0.417 e. The monoisotopic (exact) mass is 484 g/mol. The molecular weight excluding hydrogens is 457 g/mol. The van der Waals surface area contributed by atoms with E-state index in [0.29, 0.717) is 44.0 Å². The van der Waals surface area contributed by atoms with E-state index in [1.54, 1.807) is 30.0 Å². The van der Waals surface area contributed by atoms with E-state index in [1.165, 1.54) is 6.07 Å². The standard InChI is InChI=1S/C22H27F3N4O3S/c1-16-4-6-19(17(2)14-16)33(31,32)27-9-8-21(30)29-11-3-10-28(12-13-29)20-7-5-18(15-26-20)22(23,24)25/h4-7,14-15,27H,3,8-13H2,1-2H3. The van der Waals surface area contributed by atoms with E-state index in [9.17, 15) is 26.4 Å². The van der Waals surface area contributed by atoms with Gasteiger partial charge in [-0.1, -0.05) is 17.7 Å². The van der Waals surface area contributed by atoms with Crippen molar-refractivity contribution in [1.82, 2.24) is 14.6 Å². The van der Waals surface area contributed by atoms with Gasteiger partial charge in [-0.15, -0.1) is 0 Å². The first-order valence-electron chi connectivity index (χ1n) is 10.6. The molecule has 1 fully saturated rings. The van der Waals surface area contributed by atoms with Gasteiger partial charge in [0, 0.05) is 45.3 Å². The zero-order valence-electron chi connectivity index (χ0n) is 18.5. The number of nitrogens with one attached hydrogen (secondary N) is 1. The zero-order valence-corrected chi connectivity index (χ0v) is 19.3. The molecule has 2 heterocycles. The van der Waals surface area contributed by atoms with Crippen LogP contribution in [-0.2, 0) is 21.0 Å².